The zero-order valence-electron chi connectivity index (χ0n) is 20.1. The highest BCUT2D eigenvalue weighted by atomic mass is 32.2. The number of aromatic nitrogens is 2. The SMILES string of the molecule is Cc1cc(-c2c(F)cc(S(=O)(=O)N3CC[C@H](F)C3)cc2F)nc2nc(C3CCC(C(=O)O)CC3)ccc12. The second kappa shape index (κ2) is 9.68. The van der Waals surface area contributed by atoms with E-state index in [1.54, 1.807) is 6.92 Å². The zero-order valence-corrected chi connectivity index (χ0v) is 20.9. The van der Waals surface area contributed by atoms with Crippen LogP contribution in [0.25, 0.3) is 22.3 Å². The van der Waals surface area contributed by atoms with Gasteiger partial charge in [0, 0.05) is 30.1 Å². The molecule has 1 aliphatic carbocycles. The van der Waals surface area contributed by atoms with E-state index in [-0.39, 0.29) is 37.0 Å². The van der Waals surface area contributed by atoms with Crippen LogP contribution in [0.4, 0.5) is 13.2 Å². The quantitative estimate of drug-likeness (QED) is 0.497. The summed E-state index contributed by atoms with van der Waals surface area (Å²) in [5.74, 6) is -3.27. The molecule has 2 fully saturated rings. The summed E-state index contributed by atoms with van der Waals surface area (Å²) in [5.41, 5.74) is 1.25. The van der Waals surface area contributed by atoms with E-state index in [4.69, 9.17) is 0 Å². The first-order chi connectivity index (χ1) is 17.5. The van der Waals surface area contributed by atoms with Crippen LogP contribution in [-0.2, 0) is 14.8 Å². The van der Waals surface area contributed by atoms with Gasteiger partial charge in [0.25, 0.3) is 0 Å². The predicted molar refractivity (Wildman–Crippen MR) is 130 cm³/mol. The molecule has 1 N–H and O–H groups in total. The van der Waals surface area contributed by atoms with Gasteiger partial charge in [-0.15, -0.1) is 0 Å². The molecule has 11 heteroatoms. The number of halogens is 3. The number of carboxylic acid groups (broad SMARTS) is 1. The maximum atomic E-state index is 15.2. The number of hydrogen-bond acceptors (Lipinski definition) is 5. The zero-order chi connectivity index (χ0) is 26.5. The maximum absolute atomic E-state index is 15.2. The van der Waals surface area contributed by atoms with Gasteiger partial charge in [-0.1, -0.05) is 0 Å². The lowest BCUT2D eigenvalue weighted by Crippen LogP contribution is -2.29. The highest BCUT2D eigenvalue weighted by Crippen LogP contribution is 2.37. The van der Waals surface area contributed by atoms with Gasteiger partial charge in [-0.3, -0.25) is 4.79 Å². The number of aliphatic carboxylic acids is 1. The fraction of sp³-hybridized carbons (Fsp3) is 0.423. The Labute approximate surface area is 212 Å². The van der Waals surface area contributed by atoms with Gasteiger partial charge < -0.3 is 5.11 Å². The van der Waals surface area contributed by atoms with Crippen molar-refractivity contribution in [2.45, 2.75) is 56.0 Å². The van der Waals surface area contributed by atoms with Crippen LogP contribution in [0, 0.1) is 24.5 Å². The van der Waals surface area contributed by atoms with Crippen LogP contribution in [0.3, 0.4) is 0 Å². The van der Waals surface area contributed by atoms with E-state index in [0.717, 1.165) is 22.1 Å². The van der Waals surface area contributed by atoms with Crippen molar-refractivity contribution in [1.82, 2.24) is 14.3 Å². The van der Waals surface area contributed by atoms with E-state index in [2.05, 4.69) is 9.97 Å². The molecule has 1 aliphatic heterocycles. The monoisotopic (exact) mass is 533 g/mol. The van der Waals surface area contributed by atoms with Crippen LogP contribution in [0.2, 0.25) is 0 Å². The Balaban J connectivity index is 1.49. The maximum Gasteiger partial charge on any atom is 0.306 e. The lowest BCUT2D eigenvalue weighted by Gasteiger charge is -2.25. The fourth-order valence-corrected chi connectivity index (χ4v) is 6.78. The molecule has 37 heavy (non-hydrogen) atoms. The molecule has 2 aliphatic rings. The first kappa shape index (κ1) is 25.6. The van der Waals surface area contributed by atoms with E-state index < -0.39 is 44.3 Å². The molecule has 1 atom stereocenters. The number of rotatable bonds is 5. The summed E-state index contributed by atoms with van der Waals surface area (Å²) in [7, 11) is -4.24. The van der Waals surface area contributed by atoms with Gasteiger partial charge in [-0.05, 0) is 74.9 Å². The Morgan fingerprint density at radius 1 is 1.03 bits per heavy atom. The molecule has 0 spiro atoms. The Morgan fingerprint density at radius 2 is 1.70 bits per heavy atom. The summed E-state index contributed by atoms with van der Waals surface area (Å²) in [6.07, 6.45) is 1.19. The van der Waals surface area contributed by atoms with Gasteiger partial charge >= 0.3 is 5.97 Å². The summed E-state index contributed by atoms with van der Waals surface area (Å²) in [4.78, 5) is 19.7. The second-order valence-corrected chi connectivity index (χ2v) is 11.8. The minimum absolute atomic E-state index is 0.0202. The third kappa shape index (κ3) is 4.82. The second-order valence-electron chi connectivity index (χ2n) is 9.83. The smallest absolute Gasteiger partial charge is 0.306 e. The number of aryl methyl sites for hydroxylation is 1. The molecule has 5 rings (SSSR count). The molecule has 2 aromatic heterocycles. The van der Waals surface area contributed by atoms with Crippen molar-refractivity contribution in [2.24, 2.45) is 5.92 Å². The fourth-order valence-electron chi connectivity index (χ4n) is 5.28. The Bertz CT molecular complexity index is 1470. The summed E-state index contributed by atoms with van der Waals surface area (Å²) in [6, 6.07) is 6.73. The Kier molecular flexibility index (Phi) is 6.70. The Morgan fingerprint density at radius 3 is 2.30 bits per heavy atom. The van der Waals surface area contributed by atoms with Crippen molar-refractivity contribution in [3.63, 3.8) is 0 Å². The van der Waals surface area contributed by atoms with Gasteiger partial charge in [-0.2, -0.15) is 4.31 Å². The molecule has 1 saturated heterocycles. The minimum Gasteiger partial charge on any atom is -0.481 e. The number of pyridine rings is 2. The number of carbonyl (C=O) groups is 1. The highest BCUT2D eigenvalue weighted by molar-refractivity contribution is 7.89. The lowest BCUT2D eigenvalue weighted by atomic mass is 9.80. The average Bonchev–Trinajstić information content (AvgIpc) is 3.30. The third-order valence-electron chi connectivity index (χ3n) is 7.40. The first-order valence-electron chi connectivity index (χ1n) is 12.2. The number of hydrogen-bond donors (Lipinski definition) is 1. The van der Waals surface area contributed by atoms with E-state index in [1.807, 2.05) is 12.1 Å². The van der Waals surface area contributed by atoms with Crippen LogP contribution in [-0.4, -0.2) is 53.0 Å². The van der Waals surface area contributed by atoms with Crippen molar-refractivity contribution < 1.29 is 31.5 Å². The van der Waals surface area contributed by atoms with Gasteiger partial charge in [0.2, 0.25) is 10.0 Å². The predicted octanol–water partition coefficient (Wildman–Crippen LogP) is 4.97. The van der Waals surface area contributed by atoms with Gasteiger partial charge in [0.05, 0.1) is 22.1 Å². The third-order valence-corrected chi connectivity index (χ3v) is 9.24. The molecular weight excluding hydrogens is 507 g/mol. The summed E-state index contributed by atoms with van der Waals surface area (Å²) in [5, 5.41) is 9.95. The van der Waals surface area contributed by atoms with E-state index in [0.29, 0.717) is 42.3 Å². The topological polar surface area (TPSA) is 100 Å². The minimum atomic E-state index is -4.24. The van der Waals surface area contributed by atoms with Crippen LogP contribution in [0.5, 0.6) is 0 Å². The summed E-state index contributed by atoms with van der Waals surface area (Å²) >= 11 is 0. The molecule has 1 aromatic carbocycles. The van der Waals surface area contributed by atoms with Gasteiger partial charge in [0.15, 0.2) is 5.65 Å². The molecule has 1 saturated carbocycles. The largest absolute Gasteiger partial charge is 0.481 e. The summed E-state index contributed by atoms with van der Waals surface area (Å²) < 4.78 is 70.3. The van der Waals surface area contributed by atoms with Crippen molar-refractivity contribution >= 4 is 27.0 Å². The van der Waals surface area contributed by atoms with Gasteiger partial charge in [0.1, 0.15) is 17.8 Å². The van der Waals surface area contributed by atoms with Crippen LogP contribution in [0.1, 0.15) is 49.3 Å². The Hall–Kier alpha value is -3.05. The molecule has 0 radical (unpaired) electrons. The molecule has 0 amide bonds. The van der Waals surface area contributed by atoms with Crippen molar-refractivity contribution in [3.05, 3.63) is 53.2 Å². The van der Waals surface area contributed by atoms with E-state index >= 15 is 8.78 Å². The van der Waals surface area contributed by atoms with E-state index in [1.165, 1.54) is 6.07 Å². The van der Waals surface area contributed by atoms with Gasteiger partial charge in [-0.25, -0.2) is 31.6 Å². The van der Waals surface area contributed by atoms with Crippen molar-refractivity contribution in [3.8, 4) is 11.3 Å². The molecular formula is C26H26F3N3O4S. The summed E-state index contributed by atoms with van der Waals surface area (Å²) in [6.45, 7) is 1.37. The number of nitrogens with zero attached hydrogens (tertiary/aromatic N) is 3. The highest BCUT2D eigenvalue weighted by Gasteiger charge is 2.34. The lowest BCUT2D eigenvalue weighted by molar-refractivity contribution is -0.142. The van der Waals surface area contributed by atoms with Crippen molar-refractivity contribution in [2.75, 3.05) is 13.1 Å². The molecule has 0 bridgehead atoms. The molecule has 3 aromatic rings. The normalized spacial score (nSPS) is 23.0. The number of benzene rings is 1. The molecule has 3 heterocycles. The number of alkyl halides is 1. The average molecular weight is 534 g/mol. The van der Waals surface area contributed by atoms with Crippen LogP contribution < -0.4 is 0 Å². The molecule has 196 valence electrons. The first-order valence-corrected chi connectivity index (χ1v) is 13.6. The number of fused-ring (bicyclic) bond motifs is 1. The number of carboxylic acids is 1. The van der Waals surface area contributed by atoms with Crippen molar-refractivity contribution in [1.29, 1.82) is 0 Å². The van der Waals surface area contributed by atoms with Crippen LogP contribution in [0.15, 0.2) is 35.2 Å². The van der Waals surface area contributed by atoms with Crippen LogP contribution >= 0.6 is 0 Å². The van der Waals surface area contributed by atoms with E-state index in [9.17, 15) is 22.7 Å². The molecule has 0 unspecified atom stereocenters. The standard InChI is InChI=1S/C26H26F3N3O4S/c1-14-10-23(24-20(28)11-18(12-21(24)29)37(35,36)32-9-8-17(27)13-32)31-25-19(14)6-7-22(30-25)15-2-4-16(5-3-15)26(33)34/h6-7,10-12,15-17H,2-5,8-9,13H2,1H3,(H,33,34)/t15?,16?,17-/m0/s1. The molecule has 7 nitrogen and oxygen atoms in total. The number of sulfonamides is 1.